The summed E-state index contributed by atoms with van der Waals surface area (Å²) in [7, 11) is 0. The molecule has 1 amide bonds. The number of carbonyl (C=O) groups is 1. The van der Waals surface area contributed by atoms with Crippen LogP contribution in [0.25, 0.3) is 0 Å². The molecule has 1 aromatic rings. The largest absolute Gasteiger partial charge is 0.396 e. The summed E-state index contributed by atoms with van der Waals surface area (Å²) in [6.45, 7) is 0. The van der Waals surface area contributed by atoms with Gasteiger partial charge in [0.2, 0.25) is 0 Å². The fourth-order valence-electron chi connectivity index (χ4n) is 0.485. The van der Waals surface area contributed by atoms with E-state index < -0.39 is 5.91 Å². The molecular weight excluding hydrogens is 152 g/mol. The molecule has 0 aliphatic carbocycles. The summed E-state index contributed by atoms with van der Waals surface area (Å²) in [4.78, 5) is 10.7. The molecule has 0 radical (unpaired) electrons. The van der Waals surface area contributed by atoms with Gasteiger partial charge in [-0.05, 0) is 11.5 Å². The Balaban J connectivity index is 2.93. The smallest absolute Gasteiger partial charge is 0.287 e. The van der Waals surface area contributed by atoms with E-state index in [9.17, 15) is 4.79 Å². The van der Waals surface area contributed by atoms with Crippen LogP contribution < -0.4 is 17.0 Å². The maximum absolute atomic E-state index is 10.7. The van der Waals surface area contributed by atoms with Gasteiger partial charge in [0.05, 0.1) is 5.69 Å². The second-order valence-corrected chi connectivity index (χ2v) is 2.22. The molecule has 10 heavy (non-hydrogen) atoms. The van der Waals surface area contributed by atoms with Crippen molar-refractivity contribution >= 4 is 23.1 Å². The number of aromatic nitrogens is 1. The molecule has 0 aliphatic rings. The maximum Gasteiger partial charge on any atom is 0.287 e. The summed E-state index contributed by atoms with van der Waals surface area (Å²) in [6, 6.07) is 0. The third kappa shape index (κ3) is 1.07. The van der Waals surface area contributed by atoms with Gasteiger partial charge < -0.3 is 5.73 Å². The lowest BCUT2D eigenvalue weighted by molar-refractivity contribution is 0.0950. The van der Waals surface area contributed by atoms with Crippen molar-refractivity contribution in [3.05, 3.63) is 11.1 Å². The summed E-state index contributed by atoms with van der Waals surface area (Å²) in [5, 5.41) is 1.57. The molecule has 0 bridgehead atoms. The molecule has 0 fully saturated rings. The fourth-order valence-corrected chi connectivity index (χ4v) is 1.06. The van der Waals surface area contributed by atoms with Crippen LogP contribution in [0.3, 0.4) is 0 Å². The molecule has 0 saturated heterocycles. The number of anilines is 1. The molecule has 1 heterocycles. The van der Waals surface area contributed by atoms with Crippen LogP contribution in [0.2, 0.25) is 0 Å². The summed E-state index contributed by atoms with van der Waals surface area (Å²) < 4.78 is 3.71. The monoisotopic (exact) mass is 158 g/mol. The number of rotatable bonds is 1. The molecule has 0 saturated carbocycles. The first-order valence-corrected chi connectivity index (χ1v) is 3.30. The first-order chi connectivity index (χ1) is 4.75. The molecule has 0 spiro atoms. The van der Waals surface area contributed by atoms with Crippen LogP contribution in [-0.4, -0.2) is 10.3 Å². The molecule has 54 valence electrons. The Hall–Kier alpha value is -1.14. The topological polar surface area (TPSA) is 94.0 Å². The lowest BCUT2D eigenvalue weighted by atomic mass is 10.4. The van der Waals surface area contributed by atoms with Gasteiger partial charge in [0.15, 0.2) is 5.69 Å². The van der Waals surface area contributed by atoms with Gasteiger partial charge in [0.1, 0.15) is 0 Å². The third-order valence-electron chi connectivity index (χ3n) is 0.943. The minimum atomic E-state index is -0.459. The molecule has 1 aromatic heterocycles. The molecule has 0 aliphatic heterocycles. The predicted molar refractivity (Wildman–Crippen MR) is 38.2 cm³/mol. The van der Waals surface area contributed by atoms with Gasteiger partial charge in [-0.15, -0.1) is 0 Å². The molecule has 0 aromatic carbocycles. The van der Waals surface area contributed by atoms with E-state index in [1.807, 2.05) is 5.43 Å². The van der Waals surface area contributed by atoms with Gasteiger partial charge >= 0.3 is 0 Å². The molecule has 0 atom stereocenters. The van der Waals surface area contributed by atoms with Crippen LogP contribution in [0, 0.1) is 0 Å². The highest BCUT2D eigenvalue weighted by molar-refractivity contribution is 7.04. The number of hydrogen-bond acceptors (Lipinski definition) is 5. The van der Waals surface area contributed by atoms with Crippen molar-refractivity contribution in [2.45, 2.75) is 0 Å². The van der Waals surface area contributed by atoms with Gasteiger partial charge in [-0.25, -0.2) is 5.84 Å². The number of nitrogen functional groups attached to an aromatic ring is 2. The van der Waals surface area contributed by atoms with E-state index >= 15 is 0 Å². The normalized spacial score (nSPS) is 9.30. The summed E-state index contributed by atoms with van der Waals surface area (Å²) >= 11 is 1.12. The van der Waals surface area contributed by atoms with Crippen molar-refractivity contribution in [3.63, 3.8) is 0 Å². The zero-order valence-electron chi connectivity index (χ0n) is 5.00. The number of hydrogen-bond donors (Lipinski definition) is 3. The summed E-state index contributed by atoms with van der Waals surface area (Å²) in [6.07, 6.45) is 0. The highest BCUT2D eigenvalue weighted by Crippen LogP contribution is 2.11. The van der Waals surface area contributed by atoms with E-state index in [0.717, 1.165) is 11.5 Å². The number of amides is 1. The molecule has 5 N–H and O–H groups in total. The van der Waals surface area contributed by atoms with E-state index in [1.165, 1.54) is 0 Å². The second-order valence-electron chi connectivity index (χ2n) is 1.59. The van der Waals surface area contributed by atoms with E-state index in [-0.39, 0.29) is 5.69 Å². The molecule has 6 heteroatoms. The lowest BCUT2D eigenvalue weighted by Gasteiger charge is -1.93. The minimum absolute atomic E-state index is 0.188. The van der Waals surface area contributed by atoms with E-state index in [0.29, 0.717) is 5.69 Å². The lowest BCUT2D eigenvalue weighted by Crippen LogP contribution is -2.30. The SMILES string of the molecule is NNC(=O)c1nscc1N. The molecule has 0 unspecified atom stereocenters. The number of nitrogens with zero attached hydrogens (tertiary/aromatic N) is 1. The Morgan fingerprint density at radius 1 is 1.80 bits per heavy atom. The maximum atomic E-state index is 10.7. The van der Waals surface area contributed by atoms with Crippen LogP contribution in [-0.2, 0) is 0 Å². The van der Waals surface area contributed by atoms with Crippen LogP contribution in [0.15, 0.2) is 5.38 Å². The van der Waals surface area contributed by atoms with Crippen molar-refractivity contribution in [2.75, 3.05) is 5.73 Å². The van der Waals surface area contributed by atoms with Gasteiger partial charge in [-0.1, -0.05) is 0 Å². The summed E-state index contributed by atoms with van der Waals surface area (Å²) in [5.41, 5.74) is 7.82. The van der Waals surface area contributed by atoms with Crippen LogP contribution in [0.5, 0.6) is 0 Å². The van der Waals surface area contributed by atoms with Gasteiger partial charge in [-0.2, -0.15) is 4.37 Å². The molecule has 1 rings (SSSR count). The third-order valence-corrected chi connectivity index (χ3v) is 1.59. The van der Waals surface area contributed by atoms with E-state index in [2.05, 4.69) is 4.37 Å². The highest BCUT2D eigenvalue weighted by atomic mass is 32.1. The highest BCUT2D eigenvalue weighted by Gasteiger charge is 2.09. The first kappa shape index (κ1) is 6.97. The number of nitrogens with one attached hydrogen (secondary N) is 1. The minimum Gasteiger partial charge on any atom is -0.396 e. The molecular formula is C4H6N4OS. The van der Waals surface area contributed by atoms with Crippen LogP contribution in [0.1, 0.15) is 10.5 Å². The zero-order valence-corrected chi connectivity index (χ0v) is 5.81. The fraction of sp³-hybridized carbons (Fsp3) is 0. The Labute approximate surface area is 61.2 Å². The Bertz CT molecular complexity index is 245. The number of nitrogens with two attached hydrogens (primary N) is 2. The van der Waals surface area contributed by atoms with Crippen molar-refractivity contribution in [3.8, 4) is 0 Å². The Morgan fingerprint density at radius 2 is 2.50 bits per heavy atom. The number of hydrazine groups is 1. The van der Waals surface area contributed by atoms with Crippen molar-refractivity contribution in [2.24, 2.45) is 5.84 Å². The standard InChI is InChI=1S/C4H6N4OS/c5-2-1-10-8-3(2)4(9)7-6/h1H,5-6H2,(H,7,9). The zero-order chi connectivity index (χ0) is 7.56. The van der Waals surface area contributed by atoms with Crippen LogP contribution >= 0.6 is 11.5 Å². The van der Waals surface area contributed by atoms with E-state index in [1.54, 1.807) is 5.38 Å². The molecule has 5 nitrogen and oxygen atoms in total. The van der Waals surface area contributed by atoms with Crippen molar-refractivity contribution in [1.29, 1.82) is 0 Å². The van der Waals surface area contributed by atoms with Crippen molar-refractivity contribution < 1.29 is 4.79 Å². The Kier molecular flexibility index (Phi) is 1.83. The van der Waals surface area contributed by atoms with E-state index in [4.69, 9.17) is 11.6 Å². The Morgan fingerprint density at radius 3 is 2.90 bits per heavy atom. The average molecular weight is 158 g/mol. The van der Waals surface area contributed by atoms with Gasteiger partial charge in [0, 0.05) is 5.38 Å². The van der Waals surface area contributed by atoms with Crippen molar-refractivity contribution in [1.82, 2.24) is 9.80 Å². The number of carbonyl (C=O) groups excluding carboxylic acids is 1. The first-order valence-electron chi connectivity index (χ1n) is 2.46. The average Bonchev–Trinajstić information content (AvgIpc) is 2.34. The quantitative estimate of drug-likeness (QED) is 0.287. The second kappa shape index (κ2) is 2.63. The van der Waals surface area contributed by atoms with Gasteiger partial charge in [0.25, 0.3) is 5.91 Å². The summed E-state index contributed by atoms with van der Waals surface area (Å²) in [5.74, 6) is 4.38. The van der Waals surface area contributed by atoms with Crippen LogP contribution in [0.4, 0.5) is 5.69 Å². The van der Waals surface area contributed by atoms with Gasteiger partial charge in [-0.3, -0.25) is 10.2 Å². The predicted octanol–water partition coefficient (Wildman–Crippen LogP) is -0.671.